The van der Waals surface area contributed by atoms with Crippen LogP contribution in [-0.2, 0) is 10.0 Å². The molecule has 0 bridgehead atoms. The zero-order chi connectivity index (χ0) is 11.5. The van der Waals surface area contributed by atoms with Gasteiger partial charge in [-0.05, 0) is 25.5 Å². The first-order valence-corrected chi connectivity index (χ1v) is 6.60. The maximum absolute atomic E-state index is 11.8. The van der Waals surface area contributed by atoms with Gasteiger partial charge in [0.1, 0.15) is 4.90 Å². The molecule has 0 aliphatic carbocycles. The van der Waals surface area contributed by atoms with Gasteiger partial charge in [0.05, 0.1) is 5.02 Å². The smallest absolute Gasteiger partial charge is 0.208 e. The van der Waals surface area contributed by atoms with E-state index in [-0.39, 0.29) is 16.0 Å². The predicted octanol–water partition coefficient (Wildman–Crippen LogP) is 2.42. The third-order valence-electron chi connectivity index (χ3n) is 2.09. The molecule has 0 fully saturated rings. The van der Waals surface area contributed by atoms with Crippen LogP contribution in [0.2, 0.25) is 5.02 Å². The Bertz CT molecular complexity index is 431. The minimum Gasteiger partial charge on any atom is -0.208 e. The summed E-state index contributed by atoms with van der Waals surface area (Å²) in [7, 11) is -3.48. The molecular weight excluding hydrogens is 234 g/mol. The average Bonchev–Trinajstić information content (AvgIpc) is 2.17. The van der Waals surface area contributed by atoms with E-state index < -0.39 is 10.0 Å². The van der Waals surface area contributed by atoms with Crippen LogP contribution in [0.5, 0.6) is 0 Å². The number of hydrogen-bond donors (Lipinski definition) is 1. The average molecular weight is 248 g/mol. The van der Waals surface area contributed by atoms with Gasteiger partial charge in [0.2, 0.25) is 10.0 Å². The Morgan fingerprint density at radius 2 is 2.00 bits per heavy atom. The molecule has 1 atom stereocenters. The van der Waals surface area contributed by atoms with Gasteiger partial charge in [-0.15, -0.1) is 0 Å². The summed E-state index contributed by atoms with van der Waals surface area (Å²) in [5, 5.41) is 0.244. The van der Waals surface area contributed by atoms with E-state index >= 15 is 0 Å². The molecule has 0 aliphatic rings. The van der Waals surface area contributed by atoms with Gasteiger partial charge in [0.15, 0.2) is 0 Å². The van der Waals surface area contributed by atoms with Gasteiger partial charge in [-0.3, -0.25) is 0 Å². The van der Waals surface area contributed by atoms with Crippen LogP contribution >= 0.6 is 11.6 Å². The van der Waals surface area contributed by atoms with Crippen LogP contribution in [0.15, 0.2) is 29.2 Å². The molecule has 0 heterocycles. The van der Waals surface area contributed by atoms with E-state index in [1.165, 1.54) is 6.07 Å². The molecule has 0 radical (unpaired) electrons. The van der Waals surface area contributed by atoms with Crippen molar-refractivity contribution in [3.05, 3.63) is 29.3 Å². The molecule has 0 saturated heterocycles. The predicted molar refractivity (Wildman–Crippen MR) is 61.5 cm³/mol. The molecular formula is C10H14ClNO2S. The third kappa shape index (κ3) is 3.19. The van der Waals surface area contributed by atoms with Gasteiger partial charge < -0.3 is 0 Å². The molecule has 1 rings (SSSR count). The Kier molecular flexibility index (Phi) is 4.13. The van der Waals surface area contributed by atoms with Crippen LogP contribution in [0.3, 0.4) is 0 Å². The Morgan fingerprint density at radius 3 is 2.53 bits per heavy atom. The Morgan fingerprint density at radius 1 is 1.40 bits per heavy atom. The van der Waals surface area contributed by atoms with E-state index in [1.807, 2.05) is 13.8 Å². The quantitative estimate of drug-likeness (QED) is 0.888. The summed E-state index contributed by atoms with van der Waals surface area (Å²) in [6.07, 6.45) is 0.740. The fourth-order valence-electron chi connectivity index (χ4n) is 1.07. The maximum atomic E-state index is 11.8. The monoisotopic (exact) mass is 247 g/mol. The summed E-state index contributed by atoms with van der Waals surface area (Å²) in [5.41, 5.74) is 0. The van der Waals surface area contributed by atoms with Crippen molar-refractivity contribution >= 4 is 21.6 Å². The Hall–Kier alpha value is -0.580. The lowest BCUT2D eigenvalue weighted by molar-refractivity contribution is 0.556. The molecule has 0 aromatic heterocycles. The highest BCUT2D eigenvalue weighted by Crippen LogP contribution is 2.20. The Labute approximate surface area is 95.5 Å². The fourth-order valence-corrected chi connectivity index (χ4v) is 2.92. The highest BCUT2D eigenvalue weighted by Gasteiger charge is 2.18. The van der Waals surface area contributed by atoms with Crippen LogP contribution in [-0.4, -0.2) is 14.5 Å². The van der Waals surface area contributed by atoms with Crippen molar-refractivity contribution in [2.45, 2.75) is 31.2 Å². The normalized spacial score (nSPS) is 13.8. The molecule has 0 spiro atoms. The second-order valence-corrected chi connectivity index (χ2v) is 5.45. The zero-order valence-corrected chi connectivity index (χ0v) is 10.3. The molecule has 1 aromatic rings. The molecule has 5 heteroatoms. The van der Waals surface area contributed by atoms with Crippen molar-refractivity contribution in [2.75, 3.05) is 0 Å². The first kappa shape index (κ1) is 12.5. The second kappa shape index (κ2) is 4.96. The molecule has 15 heavy (non-hydrogen) atoms. The summed E-state index contributed by atoms with van der Waals surface area (Å²) in [5.74, 6) is 0. The van der Waals surface area contributed by atoms with E-state index in [2.05, 4.69) is 4.72 Å². The number of hydrogen-bond acceptors (Lipinski definition) is 2. The molecule has 0 unspecified atom stereocenters. The third-order valence-corrected chi connectivity index (χ3v) is 4.18. The standard InChI is InChI=1S/C10H14ClNO2S/c1-3-8(2)12-15(13,14)10-7-5-4-6-9(10)11/h4-8,12H,3H2,1-2H3/t8-/m0/s1. The van der Waals surface area contributed by atoms with Gasteiger partial charge in [-0.1, -0.05) is 30.7 Å². The second-order valence-electron chi connectivity index (χ2n) is 3.36. The van der Waals surface area contributed by atoms with Gasteiger partial charge in [-0.2, -0.15) is 0 Å². The molecule has 1 N–H and O–H groups in total. The summed E-state index contributed by atoms with van der Waals surface area (Å²) < 4.78 is 26.2. The maximum Gasteiger partial charge on any atom is 0.242 e. The van der Waals surface area contributed by atoms with Gasteiger partial charge in [-0.25, -0.2) is 13.1 Å². The van der Waals surface area contributed by atoms with E-state index in [0.29, 0.717) is 0 Å². The summed E-state index contributed by atoms with van der Waals surface area (Å²) >= 11 is 5.82. The van der Waals surface area contributed by atoms with Crippen LogP contribution in [0.25, 0.3) is 0 Å². The molecule has 0 aliphatic heterocycles. The summed E-state index contributed by atoms with van der Waals surface area (Å²) in [6, 6.07) is 6.31. The number of benzene rings is 1. The van der Waals surface area contributed by atoms with E-state index in [0.717, 1.165) is 6.42 Å². The van der Waals surface area contributed by atoms with Crippen molar-refractivity contribution in [3.63, 3.8) is 0 Å². The fraction of sp³-hybridized carbons (Fsp3) is 0.400. The highest BCUT2D eigenvalue weighted by atomic mass is 35.5. The van der Waals surface area contributed by atoms with Gasteiger partial charge >= 0.3 is 0 Å². The molecule has 3 nitrogen and oxygen atoms in total. The molecule has 0 saturated carbocycles. The van der Waals surface area contributed by atoms with Crippen LogP contribution < -0.4 is 4.72 Å². The van der Waals surface area contributed by atoms with Crippen molar-refractivity contribution in [3.8, 4) is 0 Å². The molecule has 84 valence electrons. The van der Waals surface area contributed by atoms with Crippen molar-refractivity contribution in [1.29, 1.82) is 0 Å². The minimum atomic E-state index is -3.48. The van der Waals surface area contributed by atoms with Gasteiger partial charge in [0, 0.05) is 6.04 Å². The first-order chi connectivity index (χ1) is 6.97. The number of rotatable bonds is 4. The molecule has 0 amide bonds. The highest BCUT2D eigenvalue weighted by molar-refractivity contribution is 7.89. The van der Waals surface area contributed by atoms with E-state index in [9.17, 15) is 8.42 Å². The zero-order valence-electron chi connectivity index (χ0n) is 8.70. The number of sulfonamides is 1. The number of nitrogens with one attached hydrogen (secondary N) is 1. The van der Waals surface area contributed by atoms with Crippen LogP contribution in [0, 0.1) is 0 Å². The topological polar surface area (TPSA) is 46.2 Å². The number of halogens is 1. The van der Waals surface area contributed by atoms with Crippen molar-refractivity contribution < 1.29 is 8.42 Å². The van der Waals surface area contributed by atoms with Crippen LogP contribution in [0.4, 0.5) is 0 Å². The van der Waals surface area contributed by atoms with Gasteiger partial charge in [0.25, 0.3) is 0 Å². The minimum absolute atomic E-state index is 0.0914. The van der Waals surface area contributed by atoms with Crippen molar-refractivity contribution in [1.82, 2.24) is 4.72 Å². The van der Waals surface area contributed by atoms with E-state index in [1.54, 1.807) is 18.2 Å². The largest absolute Gasteiger partial charge is 0.242 e. The Balaban J connectivity index is 3.02. The summed E-state index contributed by atoms with van der Waals surface area (Å²) in [6.45, 7) is 3.73. The molecule has 1 aromatic carbocycles. The van der Waals surface area contributed by atoms with Crippen molar-refractivity contribution in [2.24, 2.45) is 0 Å². The SMILES string of the molecule is CC[C@H](C)NS(=O)(=O)c1ccccc1Cl. The van der Waals surface area contributed by atoms with Crippen LogP contribution in [0.1, 0.15) is 20.3 Å². The summed E-state index contributed by atoms with van der Waals surface area (Å²) in [4.78, 5) is 0.131. The first-order valence-electron chi connectivity index (χ1n) is 4.74. The lowest BCUT2D eigenvalue weighted by atomic mass is 10.3. The van der Waals surface area contributed by atoms with E-state index in [4.69, 9.17) is 11.6 Å². The lowest BCUT2D eigenvalue weighted by Crippen LogP contribution is -2.32. The lowest BCUT2D eigenvalue weighted by Gasteiger charge is -2.12.